The van der Waals surface area contributed by atoms with Crippen molar-refractivity contribution in [2.45, 2.75) is 26.9 Å². The van der Waals surface area contributed by atoms with Crippen molar-refractivity contribution in [2.24, 2.45) is 0 Å². The lowest BCUT2D eigenvalue weighted by Gasteiger charge is -2.04. The van der Waals surface area contributed by atoms with Gasteiger partial charge in [-0.1, -0.05) is 12.1 Å². The van der Waals surface area contributed by atoms with Crippen LogP contribution in [0.5, 0.6) is 0 Å². The summed E-state index contributed by atoms with van der Waals surface area (Å²) in [6, 6.07) is 5.19. The van der Waals surface area contributed by atoms with Crippen molar-refractivity contribution in [2.75, 3.05) is 0 Å². The largest absolute Gasteiger partial charge is 0.306 e. The fourth-order valence-corrected chi connectivity index (χ4v) is 2.36. The van der Waals surface area contributed by atoms with E-state index >= 15 is 0 Å². The number of thiazole rings is 1. The molecule has 0 atom stereocenters. The molecule has 1 N–H and O–H groups in total. The fraction of sp³-hybridized carbons (Fsp3) is 0.308. The summed E-state index contributed by atoms with van der Waals surface area (Å²) in [7, 11) is 0. The summed E-state index contributed by atoms with van der Waals surface area (Å²) >= 11 is 1.66. The molecule has 0 amide bonds. The highest BCUT2D eigenvalue weighted by molar-refractivity contribution is 7.09. The van der Waals surface area contributed by atoms with Gasteiger partial charge in [-0.3, -0.25) is 0 Å². The third-order valence-corrected chi connectivity index (χ3v) is 3.46. The lowest BCUT2D eigenvalue weighted by Crippen LogP contribution is -2.12. The normalized spacial score (nSPS) is 10.8. The summed E-state index contributed by atoms with van der Waals surface area (Å²) in [6.07, 6.45) is 0. The van der Waals surface area contributed by atoms with Gasteiger partial charge in [-0.15, -0.1) is 11.3 Å². The van der Waals surface area contributed by atoms with Crippen LogP contribution in [0, 0.1) is 19.7 Å². The van der Waals surface area contributed by atoms with Gasteiger partial charge < -0.3 is 5.32 Å². The number of aromatic nitrogens is 1. The summed E-state index contributed by atoms with van der Waals surface area (Å²) < 4.78 is 13.1. The molecule has 0 aliphatic heterocycles. The van der Waals surface area contributed by atoms with E-state index in [0.717, 1.165) is 29.4 Å². The molecular weight excluding hydrogens is 235 g/mol. The molecule has 17 heavy (non-hydrogen) atoms. The lowest BCUT2D eigenvalue weighted by molar-refractivity contribution is 0.615. The first-order chi connectivity index (χ1) is 8.15. The highest BCUT2D eigenvalue weighted by atomic mass is 32.1. The molecule has 1 aromatic carbocycles. The Kier molecular flexibility index (Phi) is 3.86. The van der Waals surface area contributed by atoms with Crippen LogP contribution in [0.25, 0.3) is 0 Å². The number of aryl methyl sites for hydroxylation is 2. The second-order valence-corrected chi connectivity index (χ2v) is 5.01. The van der Waals surface area contributed by atoms with Crippen molar-refractivity contribution in [3.8, 4) is 0 Å². The zero-order valence-corrected chi connectivity index (χ0v) is 10.8. The van der Waals surface area contributed by atoms with Crippen molar-refractivity contribution in [1.29, 1.82) is 0 Å². The molecule has 0 fully saturated rings. The second-order valence-electron chi connectivity index (χ2n) is 4.07. The smallest absolute Gasteiger partial charge is 0.126 e. The number of rotatable bonds is 4. The number of benzene rings is 1. The Morgan fingerprint density at radius 1 is 1.29 bits per heavy atom. The summed E-state index contributed by atoms with van der Waals surface area (Å²) in [4.78, 5) is 4.37. The summed E-state index contributed by atoms with van der Waals surface area (Å²) in [5.41, 5.74) is 2.84. The maximum atomic E-state index is 13.1. The van der Waals surface area contributed by atoms with Gasteiger partial charge in [-0.05, 0) is 31.0 Å². The molecule has 1 heterocycles. The number of hydrogen-bond donors (Lipinski definition) is 1. The highest BCUT2D eigenvalue weighted by Crippen LogP contribution is 2.10. The monoisotopic (exact) mass is 250 g/mol. The SMILES string of the molecule is Cc1csc(CNCc2ccc(F)c(C)c2)n1. The molecule has 0 unspecified atom stereocenters. The van der Waals surface area contributed by atoms with Crippen LogP contribution in [0.15, 0.2) is 23.6 Å². The van der Waals surface area contributed by atoms with E-state index in [-0.39, 0.29) is 5.82 Å². The fourth-order valence-electron chi connectivity index (χ4n) is 1.61. The van der Waals surface area contributed by atoms with Gasteiger partial charge in [0, 0.05) is 24.2 Å². The first-order valence-electron chi connectivity index (χ1n) is 5.52. The van der Waals surface area contributed by atoms with Gasteiger partial charge in [0.25, 0.3) is 0 Å². The van der Waals surface area contributed by atoms with E-state index < -0.39 is 0 Å². The predicted octanol–water partition coefficient (Wildman–Crippen LogP) is 3.19. The van der Waals surface area contributed by atoms with Crippen molar-refractivity contribution in [1.82, 2.24) is 10.3 Å². The molecule has 1 aromatic heterocycles. The Labute approximate surface area is 105 Å². The van der Waals surface area contributed by atoms with Crippen molar-refractivity contribution >= 4 is 11.3 Å². The Balaban J connectivity index is 1.87. The van der Waals surface area contributed by atoms with E-state index in [1.807, 2.05) is 24.4 Å². The van der Waals surface area contributed by atoms with Gasteiger partial charge in [0.1, 0.15) is 10.8 Å². The molecular formula is C13H15FN2S. The van der Waals surface area contributed by atoms with E-state index in [2.05, 4.69) is 10.3 Å². The first kappa shape index (κ1) is 12.2. The third kappa shape index (κ3) is 3.35. The van der Waals surface area contributed by atoms with Crippen LogP contribution in [-0.4, -0.2) is 4.98 Å². The van der Waals surface area contributed by atoms with E-state index in [4.69, 9.17) is 0 Å². The van der Waals surface area contributed by atoms with Crippen molar-refractivity contribution < 1.29 is 4.39 Å². The maximum absolute atomic E-state index is 13.1. The Morgan fingerprint density at radius 3 is 2.76 bits per heavy atom. The van der Waals surface area contributed by atoms with Gasteiger partial charge in [0.05, 0.1) is 0 Å². The number of halogens is 1. The van der Waals surface area contributed by atoms with Gasteiger partial charge >= 0.3 is 0 Å². The summed E-state index contributed by atoms with van der Waals surface area (Å²) in [5.74, 6) is -0.149. The van der Waals surface area contributed by atoms with Gasteiger partial charge in [-0.2, -0.15) is 0 Å². The Morgan fingerprint density at radius 2 is 2.12 bits per heavy atom. The topological polar surface area (TPSA) is 24.9 Å². The first-order valence-corrected chi connectivity index (χ1v) is 6.40. The van der Waals surface area contributed by atoms with Crippen LogP contribution in [-0.2, 0) is 13.1 Å². The van der Waals surface area contributed by atoms with Gasteiger partial charge in [0.15, 0.2) is 0 Å². The molecule has 0 spiro atoms. The molecule has 2 rings (SSSR count). The standard InChI is InChI=1S/C13H15FN2S/c1-9-5-11(3-4-12(9)14)6-15-7-13-16-10(2)8-17-13/h3-5,8,15H,6-7H2,1-2H3. The minimum atomic E-state index is -0.149. The molecule has 4 heteroatoms. The van der Waals surface area contributed by atoms with Gasteiger partial charge in [0.2, 0.25) is 0 Å². The average molecular weight is 250 g/mol. The second kappa shape index (κ2) is 5.38. The molecule has 0 saturated heterocycles. The Hall–Kier alpha value is -1.26. The van der Waals surface area contributed by atoms with Crippen LogP contribution in [0.3, 0.4) is 0 Å². The number of nitrogens with one attached hydrogen (secondary N) is 1. The van der Waals surface area contributed by atoms with E-state index in [1.54, 1.807) is 18.3 Å². The third-order valence-electron chi connectivity index (χ3n) is 2.49. The summed E-state index contributed by atoms with van der Waals surface area (Å²) in [5, 5.41) is 6.43. The average Bonchev–Trinajstić information content (AvgIpc) is 2.70. The lowest BCUT2D eigenvalue weighted by atomic mass is 10.1. The van der Waals surface area contributed by atoms with Crippen LogP contribution in [0.2, 0.25) is 0 Å². The highest BCUT2D eigenvalue weighted by Gasteiger charge is 2.00. The minimum absolute atomic E-state index is 0.149. The number of hydrogen-bond acceptors (Lipinski definition) is 3. The maximum Gasteiger partial charge on any atom is 0.126 e. The van der Waals surface area contributed by atoms with Crippen LogP contribution in [0.1, 0.15) is 21.8 Å². The molecule has 2 nitrogen and oxygen atoms in total. The van der Waals surface area contributed by atoms with E-state index in [0.29, 0.717) is 5.56 Å². The minimum Gasteiger partial charge on any atom is -0.306 e. The molecule has 90 valence electrons. The van der Waals surface area contributed by atoms with Crippen LogP contribution < -0.4 is 5.32 Å². The molecule has 0 aliphatic carbocycles. The zero-order valence-electron chi connectivity index (χ0n) is 9.96. The van der Waals surface area contributed by atoms with Gasteiger partial charge in [-0.25, -0.2) is 9.37 Å². The quantitative estimate of drug-likeness (QED) is 0.901. The Bertz CT molecular complexity index is 508. The van der Waals surface area contributed by atoms with Crippen LogP contribution in [0.4, 0.5) is 4.39 Å². The molecule has 0 radical (unpaired) electrons. The van der Waals surface area contributed by atoms with Crippen LogP contribution >= 0.6 is 11.3 Å². The van der Waals surface area contributed by atoms with E-state index in [1.165, 1.54) is 6.07 Å². The van der Waals surface area contributed by atoms with Crippen molar-refractivity contribution in [3.63, 3.8) is 0 Å². The zero-order chi connectivity index (χ0) is 12.3. The van der Waals surface area contributed by atoms with E-state index in [9.17, 15) is 4.39 Å². The molecule has 0 bridgehead atoms. The van der Waals surface area contributed by atoms with Crippen molar-refractivity contribution in [3.05, 3.63) is 51.2 Å². The predicted molar refractivity (Wildman–Crippen MR) is 68.5 cm³/mol. The molecule has 0 aliphatic rings. The number of nitrogens with zero attached hydrogens (tertiary/aromatic N) is 1. The molecule has 2 aromatic rings. The summed E-state index contributed by atoms with van der Waals surface area (Å²) in [6.45, 7) is 5.26. The molecule has 0 saturated carbocycles.